The average Bonchev–Trinajstić information content (AvgIpc) is 1.98. The molecule has 13 heavy (non-hydrogen) atoms. The van der Waals surface area contributed by atoms with Crippen LogP contribution in [0.5, 0.6) is 5.75 Å². The Balaban J connectivity index is 3.35. The maximum atomic E-state index is 12.5. The van der Waals surface area contributed by atoms with Crippen LogP contribution < -0.4 is 0 Å². The molecule has 0 aliphatic heterocycles. The lowest BCUT2D eigenvalue weighted by molar-refractivity contribution is -0.138. The van der Waals surface area contributed by atoms with Gasteiger partial charge in [-0.3, -0.25) is 0 Å². The van der Waals surface area contributed by atoms with Crippen molar-refractivity contribution in [2.45, 2.75) is 13.1 Å². The quantitative estimate of drug-likeness (QED) is 0.629. The fourth-order valence-corrected chi connectivity index (χ4v) is 0.974. The zero-order chi connectivity index (χ0) is 10.2. The van der Waals surface area contributed by atoms with Crippen LogP contribution in [0.4, 0.5) is 17.6 Å². The van der Waals surface area contributed by atoms with E-state index in [0.29, 0.717) is 12.1 Å². The second-order valence-electron chi connectivity index (χ2n) is 2.57. The summed E-state index contributed by atoms with van der Waals surface area (Å²) in [5.74, 6) is -2.00. The molecule has 1 aromatic carbocycles. The number of halogens is 4. The second-order valence-corrected chi connectivity index (χ2v) is 2.57. The standard InChI is InChI=1S/C8H6F4O/c1-4-5(8(10,11)12)2-3-6(9)7(4)13/h2-3,13H,1H3. The van der Waals surface area contributed by atoms with E-state index in [2.05, 4.69) is 0 Å². The maximum absolute atomic E-state index is 12.5. The van der Waals surface area contributed by atoms with Gasteiger partial charge >= 0.3 is 6.18 Å². The summed E-state index contributed by atoms with van der Waals surface area (Å²) in [6.07, 6.45) is -4.56. The Kier molecular flexibility index (Phi) is 2.19. The molecule has 0 unspecified atom stereocenters. The number of rotatable bonds is 0. The van der Waals surface area contributed by atoms with Crippen molar-refractivity contribution in [3.8, 4) is 5.75 Å². The van der Waals surface area contributed by atoms with Crippen LogP contribution in [0.2, 0.25) is 0 Å². The molecule has 1 nitrogen and oxygen atoms in total. The number of aromatic hydroxyl groups is 1. The van der Waals surface area contributed by atoms with Gasteiger partial charge in [-0.1, -0.05) is 0 Å². The summed E-state index contributed by atoms with van der Waals surface area (Å²) in [6, 6.07) is 1.19. The minimum absolute atomic E-state index is 0.493. The van der Waals surface area contributed by atoms with Crippen molar-refractivity contribution in [2.24, 2.45) is 0 Å². The highest BCUT2D eigenvalue weighted by Crippen LogP contribution is 2.35. The highest BCUT2D eigenvalue weighted by atomic mass is 19.4. The fraction of sp³-hybridized carbons (Fsp3) is 0.250. The van der Waals surface area contributed by atoms with E-state index >= 15 is 0 Å². The first-order chi connectivity index (χ1) is 5.84. The van der Waals surface area contributed by atoms with Crippen LogP contribution in [-0.2, 0) is 6.18 Å². The van der Waals surface area contributed by atoms with E-state index in [-0.39, 0.29) is 0 Å². The predicted molar refractivity (Wildman–Crippen MR) is 37.8 cm³/mol. The Morgan fingerprint density at radius 2 is 1.77 bits per heavy atom. The minimum atomic E-state index is -4.56. The summed E-state index contributed by atoms with van der Waals surface area (Å²) in [7, 11) is 0. The zero-order valence-corrected chi connectivity index (χ0v) is 6.61. The Morgan fingerprint density at radius 3 is 2.23 bits per heavy atom. The topological polar surface area (TPSA) is 20.2 Å². The van der Waals surface area contributed by atoms with Crippen LogP contribution in [0.25, 0.3) is 0 Å². The second kappa shape index (κ2) is 2.90. The van der Waals surface area contributed by atoms with Gasteiger partial charge in [-0.15, -0.1) is 0 Å². The van der Waals surface area contributed by atoms with E-state index < -0.39 is 28.9 Å². The minimum Gasteiger partial charge on any atom is -0.505 e. The number of benzene rings is 1. The molecule has 0 amide bonds. The van der Waals surface area contributed by atoms with Crippen molar-refractivity contribution in [2.75, 3.05) is 0 Å². The lowest BCUT2D eigenvalue weighted by Gasteiger charge is -2.10. The van der Waals surface area contributed by atoms with Gasteiger partial charge in [-0.05, 0) is 19.1 Å². The van der Waals surface area contributed by atoms with Crippen LogP contribution in [0.15, 0.2) is 12.1 Å². The molecule has 5 heteroatoms. The fourth-order valence-electron chi connectivity index (χ4n) is 0.974. The van der Waals surface area contributed by atoms with Crippen LogP contribution in [0, 0.1) is 12.7 Å². The van der Waals surface area contributed by atoms with Crippen LogP contribution in [0.3, 0.4) is 0 Å². The summed E-state index contributed by atoms with van der Waals surface area (Å²) in [5.41, 5.74) is -1.51. The smallest absolute Gasteiger partial charge is 0.416 e. The van der Waals surface area contributed by atoms with Crippen molar-refractivity contribution < 1.29 is 22.7 Å². The number of hydrogen-bond donors (Lipinski definition) is 1. The third-order valence-electron chi connectivity index (χ3n) is 1.69. The first-order valence-corrected chi connectivity index (χ1v) is 3.39. The van der Waals surface area contributed by atoms with Gasteiger partial charge < -0.3 is 5.11 Å². The van der Waals surface area contributed by atoms with Gasteiger partial charge in [0, 0.05) is 5.56 Å². The normalized spacial score (nSPS) is 11.8. The summed E-state index contributed by atoms with van der Waals surface area (Å²) < 4.78 is 48.9. The molecule has 0 radical (unpaired) electrons. The highest BCUT2D eigenvalue weighted by Gasteiger charge is 2.33. The number of phenolic OH excluding ortho intramolecular Hbond substituents is 1. The molecule has 0 fully saturated rings. The molecule has 0 saturated carbocycles. The Morgan fingerprint density at radius 1 is 1.23 bits per heavy atom. The molecular formula is C8H6F4O. The molecule has 0 spiro atoms. The van der Waals surface area contributed by atoms with E-state index in [4.69, 9.17) is 5.11 Å². The molecule has 72 valence electrons. The summed E-state index contributed by atoms with van der Waals surface area (Å²) >= 11 is 0. The van der Waals surface area contributed by atoms with Gasteiger partial charge in [0.25, 0.3) is 0 Å². The van der Waals surface area contributed by atoms with Crippen molar-refractivity contribution >= 4 is 0 Å². The third kappa shape index (κ3) is 1.74. The van der Waals surface area contributed by atoms with Gasteiger partial charge in [0.15, 0.2) is 11.6 Å². The first-order valence-electron chi connectivity index (χ1n) is 3.39. The Labute approximate surface area is 71.6 Å². The summed E-state index contributed by atoms with van der Waals surface area (Å²) in [5, 5.41) is 8.88. The van der Waals surface area contributed by atoms with Gasteiger partial charge in [0.1, 0.15) is 0 Å². The van der Waals surface area contributed by atoms with Crippen molar-refractivity contribution in [3.05, 3.63) is 29.1 Å². The SMILES string of the molecule is Cc1c(C(F)(F)F)ccc(F)c1O. The molecule has 0 bridgehead atoms. The third-order valence-corrected chi connectivity index (χ3v) is 1.69. The van der Waals surface area contributed by atoms with Crippen molar-refractivity contribution in [1.82, 2.24) is 0 Å². The van der Waals surface area contributed by atoms with Crippen LogP contribution in [0.1, 0.15) is 11.1 Å². The summed E-state index contributed by atoms with van der Waals surface area (Å²) in [4.78, 5) is 0. The van der Waals surface area contributed by atoms with E-state index in [0.717, 1.165) is 6.92 Å². The molecule has 1 N–H and O–H groups in total. The average molecular weight is 194 g/mol. The first kappa shape index (κ1) is 9.83. The molecule has 1 aromatic rings. The number of alkyl halides is 3. The molecule has 0 heterocycles. The van der Waals surface area contributed by atoms with Gasteiger partial charge in [0.05, 0.1) is 5.56 Å². The molecule has 0 atom stereocenters. The molecule has 1 rings (SSSR count). The molecule has 0 saturated heterocycles. The Bertz CT molecular complexity index is 330. The number of phenols is 1. The maximum Gasteiger partial charge on any atom is 0.416 e. The van der Waals surface area contributed by atoms with Gasteiger partial charge in [-0.2, -0.15) is 13.2 Å². The lowest BCUT2D eigenvalue weighted by Crippen LogP contribution is -2.07. The molecule has 0 aliphatic carbocycles. The van der Waals surface area contributed by atoms with Crippen molar-refractivity contribution in [1.29, 1.82) is 0 Å². The summed E-state index contributed by atoms with van der Waals surface area (Å²) in [6.45, 7) is 1.02. The largest absolute Gasteiger partial charge is 0.505 e. The zero-order valence-electron chi connectivity index (χ0n) is 6.61. The van der Waals surface area contributed by atoms with Gasteiger partial charge in [0.2, 0.25) is 0 Å². The van der Waals surface area contributed by atoms with Gasteiger partial charge in [-0.25, -0.2) is 4.39 Å². The predicted octanol–water partition coefficient (Wildman–Crippen LogP) is 2.86. The van der Waals surface area contributed by atoms with Crippen molar-refractivity contribution in [3.63, 3.8) is 0 Å². The monoisotopic (exact) mass is 194 g/mol. The highest BCUT2D eigenvalue weighted by molar-refractivity contribution is 5.40. The van der Waals surface area contributed by atoms with E-state index in [1.165, 1.54) is 0 Å². The van der Waals surface area contributed by atoms with E-state index in [9.17, 15) is 17.6 Å². The van der Waals surface area contributed by atoms with Crippen LogP contribution >= 0.6 is 0 Å². The molecule has 0 aliphatic rings. The Hall–Kier alpha value is -1.26. The molecular weight excluding hydrogens is 188 g/mol. The number of hydrogen-bond acceptors (Lipinski definition) is 1. The lowest BCUT2D eigenvalue weighted by atomic mass is 10.1. The van der Waals surface area contributed by atoms with Crippen LogP contribution in [-0.4, -0.2) is 5.11 Å². The van der Waals surface area contributed by atoms with E-state index in [1.54, 1.807) is 0 Å². The molecule has 0 aromatic heterocycles. The van der Waals surface area contributed by atoms with E-state index in [1.807, 2.05) is 0 Å².